The van der Waals surface area contributed by atoms with E-state index in [9.17, 15) is 9.59 Å². The van der Waals surface area contributed by atoms with Crippen LogP contribution in [-0.4, -0.2) is 21.8 Å². The molecule has 0 aliphatic heterocycles. The second kappa shape index (κ2) is 9.12. The molecule has 164 valence electrons. The van der Waals surface area contributed by atoms with Gasteiger partial charge in [-0.05, 0) is 73.9 Å². The van der Waals surface area contributed by atoms with Crippen LogP contribution in [0.4, 0.5) is 11.4 Å². The molecule has 0 bridgehead atoms. The average molecular weight is 437 g/mol. The number of imidazole rings is 1. The number of carbonyl (C=O) groups excluding carboxylic acids is 2. The molecule has 1 unspecified atom stereocenters. The van der Waals surface area contributed by atoms with Crippen LogP contribution in [0.25, 0.3) is 22.4 Å². The smallest absolute Gasteiger partial charge is 0.255 e. The van der Waals surface area contributed by atoms with Crippen LogP contribution in [0, 0.1) is 5.92 Å². The van der Waals surface area contributed by atoms with Gasteiger partial charge in [-0.15, -0.1) is 0 Å². The number of aromatic nitrogens is 2. The molecule has 4 aromatic rings. The molecule has 33 heavy (non-hydrogen) atoms. The van der Waals surface area contributed by atoms with Crippen LogP contribution in [0.3, 0.4) is 0 Å². The number of amides is 2. The number of carbonyl (C=O) groups is 2. The van der Waals surface area contributed by atoms with Crippen LogP contribution in [0.15, 0.2) is 84.9 Å². The number of aromatic amines is 1. The molecule has 5 rings (SSSR count). The van der Waals surface area contributed by atoms with E-state index >= 15 is 0 Å². The lowest BCUT2D eigenvalue weighted by Crippen LogP contribution is -2.23. The Balaban J connectivity index is 1.29. The van der Waals surface area contributed by atoms with Crippen molar-refractivity contribution >= 4 is 34.2 Å². The maximum Gasteiger partial charge on any atom is 0.255 e. The number of nitrogens with zero attached hydrogens (tertiary/aromatic N) is 1. The van der Waals surface area contributed by atoms with Gasteiger partial charge in [0.15, 0.2) is 0 Å². The Morgan fingerprint density at radius 3 is 2.42 bits per heavy atom. The predicted octanol–water partition coefficient (Wildman–Crippen LogP) is 5.78. The Labute approximate surface area is 191 Å². The molecule has 2 amide bonds. The van der Waals surface area contributed by atoms with Crippen molar-refractivity contribution in [2.45, 2.75) is 19.3 Å². The highest BCUT2D eigenvalue weighted by Gasteiger charge is 2.19. The molecule has 1 aliphatic carbocycles. The van der Waals surface area contributed by atoms with Gasteiger partial charge in [-0.2, -0.15) is 0 Å². The Morgan fingerprint density at radius 1 is 0.879 bits per heavy atom. The van der Waals surface area contributed by atoms with Gasteiger partial charge in [-0.1, -0.05) is 30.4 Å². The Kier molecular flexibility index (Phi) is 5.72. The SMILES string of the molecule is O=C(Nc1ccc(-c2nc3ccc(NC(=O)C4CC=CCC4)cc3[nH]2)cc1)c1ccccc1. The number of hydrogen-bond donors (Lipinski definition) is 3. The van der Waals surface area contributed by atoms with Gasteiger partial charge in [0.1, 0.15) is 5.82 Å². The highest BCUT2D eigenvalue weighted by atomic mass is 16.2. The molecular formula is C27H24N4O2. The van der Waals surface area contributed by atoms with Crippen molar-refractivity contribution in [2.24, 2.45) is 5.92 Å². The Bertz CT molecular complexity index is 1320. The molecule has 1 atom stereocenters. The number of allylic oxidation sites excluding steroid dienone is 2. The summed E-state index contributed by atoms with van der Waals surface area (Å²) < 4.78 is 0. The topological polar surface area (TPSA) is 86.9 Å². The van der Waals surface area contributed by atoms with Gasteiger partial charge in [0.25, 0.3) is 5.91 Å². The van der Waals surface area contributed by atoms with Gasteiger partial charge in [0.2, 0.25) is 5.91 Å². The normalized spacial score (nSPS) is 15.3. The number of rotatable bonds is 5. The third-order valence-electron chi connectivity index (χ3n) is 5.84. The summed E-state index contributed by atoms with van der Waals surface area (Å²) in [5.41, 5.74) is 4.67. The number of benzene rings is 3. The van der Waals surface area contributed by atoms with E-state index in [4.69, 9.17) is 0 Å². The zero-order valence-corrected chi connectivity index (χ0v) is 18.0. The standard InChI is InChI=1S/C27H24N4O2/c32-26(19-7-3-1-4-8-19)28-21-13-11-18(12-14-21)25-30-23-16-15-22(17-24(23)31-25)29-27(33)20-9-5-2-6-10-20/h1-5,7-8,11-17,20H,6,9-10H2,(H,28,32)(H,29,33)(H,30,31). The molecule has 1 aliphatic rings. The van der Waals surface area contributed by atoms with E-state index in [2.05, 4.69) is 32.8 Å². The summed E-state index contributed by atoms with van der Waals surface area (Å²) in [6.07, 6.45) is 6.85. The third-order valence-corrected chi connectivity index (χ3v) is 5.84. The first-order chi connectivity index (χ1) is 16.2. The fraction of sp³-hybridized carbons (Fsp3) is 0.148. The lowest BCUT2D eigenvalue weighted by atomic mass is 9.93. The van der Waals surface area contributed by atoms with Gasteiger partial charge < -0.3 is 15.6 Å². The molecule has 3 aromatic carbocycles. The first-order valence-electron chi connectivity index (χ1n) is 11.1. The van der Waals surface area contributed by atoms with E-state index < -0.39 is 0 Å². The van der Waals surface area contributed by atoms with E-state index in [-0.39, 0.29) is 17.7 Å². The van der Waals surface area contributed by atoms with Gasteiger partial charge in [-0.25, -0.2) is 4.98 Å². The second-order valence-electron chi connectivity index (χ2n) is 8.19. The molecule has 0 saturated heterocycles. The lowest BCUT2D eigenvalue weighted by molar-refractivity contribution is -0.120. The summed E-state index contributed by atoms with van der Waals surface area (Å²) in [6, 6.07) is 22.3. The zero-order chi connectivity index (χ0) is 22.6. The van der Waals surface area contributed by atoms with Crippen LogP contribution in [-0.2, 0) is 4.79 Å². The highest BCUT2D eigenvalue weighted by Crippen LogP contribution is 2.25. The Hall–Kier alpha value is -4.19. The van der Waals surface area contributed by atoms with Crippen molar-refractivity contribution in [1.82, 2.24) is 9.97 Å². The first kappa shape index (κ1) is 20.7. The second-order valence-corrected chi connectivity index (χ2v) is 8.19. The number of fused-ring (bicyclic) bond motifs is 1. The van der Waals surface area contributed by atoms with Gasteiger partial charge in [-0.3, -0.25) is 9.59 Å². The van der Waals surface area contributed by atoms with E-state index in [0.717, 1.165) is 47.4 Å². The monoisotopic (exact) mass is 436 g/mol. The predicted molar refractivity (Wildman–Crippen MR) is 131 cm³/mol. The summed E-state index contributed by atoms with van der Waals surface area (Å²) in [7, 11) is 0. The van der Waals surface area contributed by atoms with Crippen LogP contribution in [0.5, 0.6) is 0 Å². The third kappa shape index (κ3) is 4.70. The van der Waals surface area contributed by atoms with Gasteiger partial charge in [0.05, 0.1) is 11.0 Å². The maximum atomic E-state index is 12.5. The van der Waals surface area contributed by atoms with Crippen molar-refractivity contribution in [1.29, 1.82) is 0 Å². The maximum absolute atomic E-state index is 12.5. The van der Waals surface area contributed by atoms with Crippen LogP contribution < -0.4 is 10.6 Å². The minimum Gasteiger partial charge on any atom is -0.338 e. The molecule has 6 heteroatoms. The van der Waals surface area contributed by atoms with E-state index in [1.807, 2.05) is 60.7 Å². The van der Waals surface area contributed by atoms with Crippen LogP contribution in [0.2, 0.25) is 0 Å². The molecule has 1 heterocycles. The first-order valence-corrected chi connectivity index (χ1v) is 11.1. The van der Waals surface area contributed by atoms with Crippen LogP contribution in [0.1, 0.15) is 29.6 Å². The molecule has 6 nitrogen and oxygen atoms in total. The highest BCUT2D eigenvalue weighted by molar-refractivity contribution is 6.04. The van der Waals surface area contributed by atoms with E-state index in [1.54, 1.807) is 12.1 Å². The molecule has 3 N–H and O–H groups in total. The quantitative estimate of drug-likeness (QED) is 0.347. The molecule has 0 saturated carbocycles. The van der Waals surface area contributed by atoms with E-state index in [0.29, 0.717) is 11.3 Å². The fourth-order valence-electron chi connectivity index (χ4n) is 4.00. The summed E-state index contributed by atoms with van der Waals surface area (Å²) in [4.78, 5) is 32.9. The molecule has 0 radical (unpaired) electrons. The molecule has 0 fully saturated rings. The van der Waals surface area contributed by atoms with Crippen molar-refractivity contribution < 1.29 is 9.59 Å². The minimum atomic E-state index is -0.147. The molecular weight excluding hydrogens is 412 g/mol. The average Bonchev–Trinajstić information content (AvgIpc) is 3.29. The fourth-order valence-corrected chi connectivity index (χ4v) is 4.00. The summed E-state index contributed by atoms with van der Waals surface area (Å²) in [5, 5.41) is 5.93. The molecule has 0 spiro atoms. The number of nitrogens with one attached hydrogen (secondary N) is 3. The van der Waals surface area contributed by atoms with Crippen molar-refractivity contribution in [3.8, 4) is 11.4 Å². The van der Waals surface area contributed by atoms with Crippen LogP contribution >= 0.6 is 0 Å². The zero-order valence-electron chi connectivity index (χ0n) is 18.0. The minimum absolute atomic E-state index is 0.0314. The largest absolute Gasteiger partial charge is 0.338 e. The van der Waals surface area contributed by atoms with E-state index in [1.165, 1.54) is 0 Å². The summed E-state index contributed by atoms with van der Waals surface area (Å²) >= 11 is 0. The van der Waals surface area contributed by atoms with Gasteiger partial charge >= 0.3 is 0 Å². The number of H-pyrrole nitrogens is 1. The Morgan fingerprint density at radius 2 is 1.67 bits per heavy atom. The molecule has 1 aromatic heterocycles. The lowest BCUT2D eigenvalue weighted by Gasteiger charge is -2.17. The number of hydrogen-bond acceptors (Lipinski definition) is 3. The van der Waals surface area contributed by atoms with Crippen molar-refractivity contribution in [2.75, 3.05) is 10.6 Å². The summed E-state index contributed by atoms with van der Waals surface area (Å²) in [6.45, 7) is 0. The van der Waals surface area contributed by atoms with Crippen molar-refractivity contribution in [3.05, 3.63) is 90.5 Å². The van der Waals surface area contributed by atoms with Crippen molar-refractivity contribution in [3.63, 3.8) is 0 Å². The number of anilines is 2. The summed E-state index contributed by atoms with van der Waals surface area (Å²) in [5.74, 6) is 0.674. The van der Waals surface area contributed by atoms with Gasteiger partial charge in [0, 0.05) is 28.4 Å².